The maximum absolute atomic E-state index is 13.9. The summed E-state index contributed by atoms with van der Waals surface area (Å²) < 4.78 is 19.3. The Labute approximate surface area is 192 Å². The second kappa shape index (κ2) is 8.54. The van der Waals surface area contributed by atoms with E-state index in [1.807, 2.05) is 24.3 Å². The van der Waals surface area contributed by atoms with Gasteiger partial charge in [-0.05, 0) is 47.4 Å². The van der Waals surface area contributed by atoms with Crippen LogP contribution in [-0.2, 0) is 15.0 Å². The van der Waals surface area contributed by atoms with Crippen molar-refractivity contribution in [2.24, 2.45) is 0 Å². The van der Waals surface area contributed by atoms with Gasteiger partial charge in [-0.25, -0.2) is 9.29 Å². The molecule has 1 aliphatic rings. The van der Waals surface area contributed by atoms with Gasteiger partial charge < -0.3 is 10.1 Å². The lowest BCUT2D eigenvalue weighted by molar-refractivity contribution is -0.120. The van der Waals surface area contributed by atoms with Crippen LogP contribution in [0.15, 0.2) is 78.5 Å². The van der Waals surface area contributed by atoms with Crippen LogP contribution in [0.2, 0.25) is 0 Å². The molecule has 1 N–H and O–H groups in total. The van der Waals surface area contributed by atoms with Gasteiger partial charge in [-0.1, -0.05) is 57.2 Å². The maximum atomic E-state index is 13.9. The molecule has 0 radical (unpaired) electrons. The number of methoxy groups -OCH3 is 1. The van der Waals surface area contributed by atoms with E-state index in [2.05, 4.69) is 26.1 Å². The molecule has 168 valence electrons. The Hall–Kier alpha value is -3.93. The number of carbonyl (C=O) groups is 2. The Morgan fingerprint density at radius 3 is 2.21 bits per heavy atom. The standard InChI is InChI=1S/C27H25FN2O3/c1-27(2,3)17-12-14-19(15-13-17)29-24-23(21-10-5-6-11-22(21)33-4)25(31)30(26(24)32)20-9-7-8-18(28)16-20/h5-16,29H,1-4H3. The molecule has 2 amide bonds. The Balaban J connectivity index is 1.82. The molecule has 3 aromatic carbocycles. The van der Waals surface area contributed by atoms with Crippen LogP contribution in [0, 0.1) is 5.82 Å². The minimum Gasteiger partial charge on any atom is -0.496 e. The first kappa shape index (κ1) is 22.3. The number of rotatable bonds is 5. The molecule has 0 fully saturated rings. The zero-order valence-electron chi connectivity index (χ0n) is 19.0. The highest BCUT2D eigenvalue weighted by Crippen LogP contribution is 2.37. The van der Waals surface area contributed by atoms with Crippen molar-refractivity contribution >= 4 is 28.8 Å². The number of carbonyl (C=O) groups excluding carboxylic acids is 2. The number of para-hydroxylation sites is 1. The minimum absolute atomic E-state index is 0.0202. The van der Waals surface area contributed by atoms with Crippen molar-refractivity contribution in [3.8, 4) is 5.75 Å². The Morgan fingerprint density at radius 1 is 0.879 bits per heavy atom. The van der Waals surface area contributed by atoms with Crippen LogP contribution in [0.4, 0.5) is 15.8 Å². The molecule has 0 aromatic heterocycles. The van der Waals surface area contributed by atoms with Crippen molar-refractivity contribution in [2.45, 2.75) is 26.2 Å². The molecule has 1 heterocycles. The second-order valence-corrected chi connectivity index (χ2v) is 8.83. The summed E-state index contributed by atoms with van der Waals surface area (Å²) in [6.07, 6.45) is 0. The fourth-order valence-corrected chi connectivity index (χ4v) is 3.79. The predicted molar refractivity (Wildman–Crippen MR) is 128 cm³/mol. The fourth-order valence-electron chi connectivity index (χ4n) is 3.79. The minimum atomic E-state index is -0.564. The summed E-state index contributed by atoms with van der Waals surface area (Å²) in [6, 6.07) is 20.1. The molecule has 3 aromatic rings. The number of benzene rings is 3. The van der Waals surface area contributed by atoms with Gasteiger partial charge in [-0.2, -0.15) is 0 Å². The third-order valence-electron chi connectivity index (χ3n) is 5.55. The summed E-state index contributed by atoms with van der Waals surface area (Å²) in [5.41, 5.74) is 2.70. The SMILES string of the molecule is COc1ccccc1C1=C(Nc2ccc(C(C)(C)C)cc2)C(=O)N(c2cccc(F)c2)C1=O. The first-order valence-corrected chi connectivity index (χ1v) is 10.6. The second-order valence-electron chi connectivity index (χ2n) is 8.83. The number of anilines is 2. The van der Waals surface area contributed by atoms with Crippen molar-refractivity contribution in [1.82, 2.24) is 0 Å². The summed E-state index contributed by atoms with van der Waals surface area (Å²) in [5.74, 6) is -1.20. The van der Waals surface area contributed by atoms with E-state index in [1.165, 1.54) is 25.3 Å². The number of amides is 2. The molecule has 4 rings (SSSR count). The van der Waals surface area contributed by atoms with Crippen LogP contribution < -0.4 is 15.0 Å². The molecule has 6 heteroatoms. The van der Waals surface area contributed by atoms with Gasteiger partial charge in [0.25, 0.3) is 11.8 Å². The molecule has 0 atom stereocenters. The summed E-state index contributed by atoms with van der Waals surface area (Å²) in [7, 11) is 1.50. The molecule has 1 aliphatic heterocycles. The molecule has 0 unspecified atom stereocenters. The number of ether oxygens (including phenoxy) is 1. The number of nitrogens with zero attached hydrogens (tertiary/aromatic N) is 1. The molecule has 0 saturated heterocycles. The van der Waals surface area contributed by atoms with Crippen LogP contribution >= 0.6 is 0 Å². The molecule has 33 heavy (non-hydrogen) atoms. The quantitative estimate of drug-likeness (QED) is 0.526. The largest absolute Gasteiger partial charge is 0.496 e. The van der Waals surface area contributed by atoms with Crippen molar-refractivity contribution in [3.05, 3.63) is 95.4 Å². The van der Waals surface area contributed by atoms with Gasteiger partial charge >= 0.3 is 0 Å². The molecule has 0 bridgehead atoms. The highest BCUT2D eigenvalue weighted by molar-refractivity contribution is 6.46. The van der Waals surface area contributed by atoms with E-state index in [0.29, 0.717) is 17.0 Å². The van der Waals surface area contributed by atoms with Gasteiger partial charge in [0.1, 0.15) is 17.3 Å². The van der Waals surface area contributed by atoms with Gasteiger partial charge in [-0.15, -0.1) is 0 Å². The summed E-state index contributed by atoms with van der Waals surface area (Å²) in [4.78, 5) is 28.0. The third kappa shape index (κ3) is 4.24. The van der Waals surface area contributed by atoms with E-state index in [4.69, 9.17) is 4.74 Å². The number of imide groups is 1. The molecule has 5 nitrogen and oxygen atoms in total. The van der Waals surface area contributed by atoms with Crippen molar-refractivity contribution in [1.29, 1.82) is 0 Å². The predicted octanol–water partition coefficient (Wildman–Crippen LogP) is 5.53. The number of hydrogen-bond acceptors (Lipinski definition) is 4. The van der Waals surface area contributed by atoms with Crippen molar-refractivity contribution in [2.75, 3.05) is 17.3 Å². The number of halogens is 1. The van der Waals surface area contributed by atoms with Crippen LogP contribution in [0.25, 0.3) is 5.57 Å². The Kier molecular flexibility index (Phi) is 5.77. The lowest BCUT2D eigenvalue weighted by Crippen LogP contribution is -2.32. The monoisotopic (exact) mass is 444 g/mol. The average Bonchev–Trinajstić information content (AvgIpc) is 3.02. The van der Waals surface area contributed by atoms with Crippen molar-refractivity contribution < 1.29 is 18.7 Å². The average molecular weight is 445 g/mol. The van der Waals surface area contributed by atoms with Gasteiger partial charge in [0.05, 0.1) is 18.4 Å². The first-order valence-electron chi connectivity index (χ1n) is 10.6. The molecule has 0 spiro atoms. The zero-order chi connectivity index (χ0) is 23.8. The van der Waals surface area contributed by atoms with Gasteiger partial charge in [0, 0.05) is 11.3 Å². The number of hydrogen-bond donors (Lipinski definition) is 1. The first-order chi connectivity index (χ1) is 15.7. The third-order valence-corrected chi connectivity index (χ3v) is 5.55. The highest BCUT2D eigenvalue weighted by Gasteiger charge is 2.41. The molecule has 0 saturated carbocycles. The van der Waals surface area contributed by atoms with E-state index >= 15 is 0 Å². The number of nitrogens with one attached hydrogen (secondary N) is 1. The van der Waals surface area contributed by atoms with E-state index in [0.717, 1.165) is 16.5 Å². The summed E-state index contributed by atoms with van der Waals surface area (Å²) in [6.45, 7) is 6.36. The normalized spacial score (nSPS) is 14.2. The van der Waals surface area contributed by atoms with E-state index in [1.54, 1.807) is 24.3 Å². The van der Waals surface area contributed by atoms with E-state index in [-0.39, 0.29) is 22.4 Å². The Bertz CT molecular complexity index is 1260. The smallest absolute Gasteiger partial charge is 0.282 e. The molecule has 0 aliphatic carbocycles. The van der Waals surface area contributed by atoms with Crippen LogP contribution in [0.1, 0.15) is 31.9 Å². The summed E-state index contributed by atoms with van der Waals surface area (Å²) in [5, 5.41) is 3.13. The van der Waals surface area contributed by atoms with Crippen LogP contribution in [0.5, 0.6) is 5.75 Å². The summed E-state index contributed by atoms with van der Waals surface area (Å²) >= 11 is 0. The van der Waals surface area contributed by atoms with Gasteiger partial charge in [-0.3, -0.25) is 9.59 Å². The van der Waals surface area contributed by atoms with Gasteiger partial charge in [0.15, 0.2) is 0 Å². The van der Waals surface area contributed by atoms with Crippen molar-refractivity contribution in [3.63, 3.8) is 0 Å². The van der Waals surface area contributed by atoms with Crippen LogP contribution in [-0.4, -0.2) is 18.9 Å². The van der Waals surface area contributed by atoms with E-state index in [9.17, 15) is 14.0 Å². The maximum Gasteiger partial charge on any atom is 0.282 e. The Morgan fingerprint density at radius 2 is 1.58 bits per heavy atom. The lowest BCUT2D eigenvalue weighted by atomic mass is 9.87. The lowest BCUT2D eigenvalue weighted by Gasteiger charge is -2.19. The topological polar surface area (TPSA) is 58.6 Å². The van der Waals surface area contributed by atoms with Crippen LogP contribution in [0.3, 0.4) is 0 Å². The molecular weight excluding hydrogens is 419 g/mol. The molecular formula is C27H25FN2O3. The zero-order valence-corrected chi connectivity index (χ0v) is 19.0. The fraction of sp³-hybridized carbons (Fsp3) is 0.185. The highest BCUT2D eigenvalue weighted by atomic mass is 19.1. The van der Waals surface area contributed by atoms with E-state index < -0.39 is 17.6 Å². The van der Waals surface area contributed by atoms with Gasteiger partial charge in [0.2, 0.25) is 0 Å².